The first kappa shape index (κ1) is 23.3. The van der Waals surface area contributed by atoms with Crippen LogP contribution < -0.4 is 10.1 Å². The molecule has 2 fully saturated rings. The summed E-state index contributed by atoms with van der Waals surface area (Å²) in [5, 5.41) is 5.29. The maximum atomic E-state index is 13.6. The van der Waals surface area contributed by atoms with Gasteiger partial charge in [0.05, 0.1) is 0 Å². The van der Waals surface area contributed by atoms with E-state index in [4.69, 9.17) is 4.74 Å². The zero-order valence-electron chi connectivity index (χ0n) is 20.4. The van der Waals surface area contributed by atoms with E-state index < -0.39 is 5.54 Å². The summed E-state index contributed by atoms with van der Waals surface area (Å²) in [5.41, 5.74) is 0.371. The molecule has 2 unspecified atom stereocenters. The summed E-state index contributed by atoms with van der Waals surface area (Å²) >= 11 is 0. The second kappa shape index (κ2) is 9.68. The van der Waals surface area contributed by atoms with Crippen LogP contribution in [0.3, 0.4) is 0 Å². The lowest BCUT2D eigenvalue weighted by Gasteiger charge is -2.43. The minimum Gasteiger partial charge on any atom is -0.484 e. The molecule has 2 bridgehead atoms. The van der Waals surface area contributed by atoms with E-state index in [2.05, 4.69) is 39.5 Å². The molecule has 6 heteroatoms. The molecule has 2 atom stereocenters. The lowest BCUT2D eigenvalue weighted by Crippen LogP contribution is -2.60. The molecular weight excluding hydrogens is 438 g/mol. The van der Waals surface area contributed by atoms with Crippen molar-refractivity contribution in [3.63, 3.8) is 0 Å². The van der Waals surface area contributed by atoms with Gasteiger partial charge < -0.3 is 15.0 Å². The van der Waals surface area contributed by atoms with Gasteiger partial charge in [-0.15, -0.1) is 0 Å². The van der Waals surface area contributed by atoms with Crippen LogP contribution in [0, 0.1) is 5.92 Å². The molecular formula is C29H33N3O3. The zero-order chi connectivity index (χ0) is 24.4. The van der Waals surface area contributed by atoms with Crippen LogP contribution in [0.15, 0.2) is 67.0 Å². The number of piperidine rings is 1. The zero-order valence-corrected chi connectivity index (χ0v) is 20.4. The Kier molecular flexibility index (Phi) is 6.46. The summed E-state index contributed by atoms with van der Waals surface area (Å²) in [7, 11) is 0. The quantitative estimate of drug-likeness (QED) is 0.550. The van der Waals surface area contributed by atoms with Crippen LogP contribution in [-0.2, 0) is 16.0 Å². The summed E-state index contributed by atoms with van der Waals surface area (Å²) in [6.07, 6.45) is 8.87. The molecule has 35 heavy (non-hydrogen) atoms. The van der Waals surface area contributed by atoms with E-state index >= 15 is 0 Å². The van der Waals surface area contributed by atoms with Crippen LogP contribution in [0.4, 0.5) is 0 Å². The van der Waals surface area contributed by atoms with Gasteiger partial charge in [0.25, 0.3) is 5.91 Å². The first-order valence-corrected chi connectivity index (χ1v) is 12.5. The summed E-state index contributed by atoms with van der Waals surface area (Å²) in [5.74, 6) is 0.915. The average molecular weight is 472 g/mol. The molecule has 1 N–H and O–H groups in total. The van der Waals surface area contributed by atoms with Crippen molar-refractivity contribution in [2.75, 3.05) is 6.61 Å². The van der Waals surface area contributed by atoms with Crippen LogP contribution in [0.2, 0.25) is 0 Å². The van der Waals surface area contributed by atoms with Crippen molar-refractivity contribution in [1.82, 2.24) is 15.2 Å². The van der Waals surface area contributed by atoms with Gasteiger partial charge in [-0.2, -0.15) is 0 Å². The molecule has 0 radical (unpaired) electrons. The second-order valence-electron chi connectivity index (χ2n) is 10.5. The fourth-order valence-electron chi connectivity index (χ4n) is 5.81. The molecule has 3 aromatic rings. The van der Waals surface area contributed by atoms with Crippen molar-refractivity contribution in [1.29, 1.82) is 0 Å². The Balaban J connectivity index is 1.19. The molecule has 1 aromatic heterocycles. The summed E-state index contributed by atoms with van der Waals surface area (Å²) in [4.78, 5) is 32.4. The summed E-state index contributed by atoms with van der Waals surface area (Å²) < 4.78 is 5.55. The number of hydrogen-bond donors (Lipinski definition) is 1. The molecule has 2 aromatic carbocycles. The van der Waals surface area contributed by atoms with Crippen molar-refractivity contribution in [2.24, 2.45) is 5.92 Å². The van der Waals surface area contributed by atoms with E-state index in [1.807, 2.05) is 30.6 Å². The molecule has 2 aliphatic rings. The molecule has 2 aliphatic heterocycles. The van der Waals surface area contributed by atoms with Gasteiger partial charge in [0, 0.05) is 29.9 Å². The first-order chi connectivity index (χ1) is 16.9. The predicted molar refractivity (Wildman–Crippen MR) is 136 cm³/mol. The molecule has 0 spiro atoms. The van der Waals surface area contributed by atoms with Crippen LogP contribution in [0.25, 0.3) is 10.8 Å². The number of benzene rings is 2. The van der Waals surface area contributed by atoms with Crippen molar-refractivity contribution in [3.8, 4) is 5.75 Å². The Labute approximate surface area is 206 Å². The second-order valence-corrected chi connectivity index (χ2v) is 10.5. The number of nitrogens with zero attached hydrogens (tertiary/aromatic N) is 2. The van der Waals surface area contributed by atoms with E-state index in [0.29, 0.717) is 11.7 Å². The van der Waals surface area contributed by atoms with Crippen molar-refractivity contribution >= 4 is 22.6 Å². The maximum absolute atomic E-state index is 13.6. The Hall–Kier alpha value is -3.41. The highest BCUT2D eigenvalue weighted by atomic mass is 16.5. The van der Waals surface area contributed by atoms with E-state index in [-0.39, 0.29) is 30.5 Å². The number of carbonyl (C=O) groups excluding carboxylic acids is 2. The van der Waals surface area contributed by atoms with Crippen LogP contribution in [0.5, 0.6) is 5.75 Å². The first-order valence-electron chi connectivity index (χ1n) is 12.5. The Morgan fingerprint density at radius 2 is 1.77 bits per heavy atom. The number of para-hydroxylation sites is 1. The van der Waals surface area contributed by atoms with Crippen molar-refractivity contribution in [2.45, 2.75) is 63.6 Å². The van der Waals surface area contributed by atoms with Crippen LogP contribution >= 0.6 is 0 Å². The van der Waals surface area contributed by atoms with Gasteiger partial charge in [0.1, 0.15) is 11.3 Å². The highest BCUT2D eigenvalue weighted by Gasteiger charge is 2.47. The van der Waals surface area contributed by atoms with Gasteiger partial charge in [0.2, 0.25) is 5.91 Å². The third-order valence-corrected chi connectivity index (χ3v) is 7.39. The number of fused-ring (bicyclic) bond motifs is 3. The average Bonchev–Trinajstić information content (AvgIpc) is 3.12. The fourth-order valence-corrected chi connectivity index (χ4v) is 5.81. The normalized spacial score (nSPS) is 21.7. The molecule has 3 heterocycles. The Morgan fingerprint density at radius 3 is 2.51 bits per heavy atom. The molecule has 182 valence electrons. The lowest BCUT2D eigenvalue weighted by molar-refractivity contribution is -0.145. The van der Waals surface area contributed by atoms with Gasteiger partial charge in [-0.3, -0.25) is 14.6 Å². The number of aromatic nitrogens is 1. The minimum atomic E-state index is -0.975. The van der Waals surface area contributed by atoms with E-state index in [1.54, 1.807) is 26.0 Å². The smallest absolute Gasteiger partial charge is 0.258 e. The highest BCUT2D eigenvalue weighted by Crippen LogP contribution is 2.41. The van der Waals surface area contributed by atoms with Gasteiger partial charge >= 0.3 is 0 Å². The van der Waals surface area contributed by atoms with Crippen LogP contribution in [-0.4, -0.2) is 45.9 Å². The van der Waals surface area contributed by atoms with Crippen LogP contribution in [0.1, 0.15) is 45.1 Å². The standard InChI is InChI=1S/C29H33N3O3/c1-29(2,31-27(33)19-35-26-6-4-3-5-7-26)28(34)32-24-10-11-25(32)17-21(16-24)14-20-8-9-23-18-30-13-12-22(23)15-20/h3-9,12-13,15,18,21,24-25H,10-11,14,16-17,19H2,1-2H3,(H,31,33). The summed E-state index contributed by atoms with van der Waals surface area (Å²) in [6, 6.07) is 18.4. The largest absolute Gasteiger partial charge is 0.484 e. The maximum Gasteiger partial charge on any atom is 0.258 e. The number of amides is 2. The molecule has 0 saturated carbocycles. The van der Waals surface area contributed by atoms with Gasteiger partial charge in [-0.1, -0.05) is 36.4 Å². The fraction of sp³-hybridized carbons (Fsp3) is 0.414. The molecule has 2 amide bonds. The summed E-state index contributed by atoms with van der Waals surface area (Å²) in [6.45, 7) is 3.48. The van der Waals surface area contributed by atoms with Gasteiger partial charge in [-0.25, -0.2) is 0 Å². The number of pyridine rings is 1. The van der Waals surface area contributed by atoms with Gasteiger partial charge in [-0.05, 0) is 81.0 Å². The number of rotatable bonds is 7. The Bertz CT molecular complexity index is 1200. The molecule has 2 saturated heterocycles. The third-order valence-electron chi connectivity index (χ3n) is 7.39. The SMILES string of the molecule is CC(C)(NC(=O)COc1ccccc1)C(=O)N1C2CCC1CC(Cc1ccc3cnccc3c1)C2. The van der Waals surface area contributed by atoms with E-state index in [0.717, 1.165) is 37.5 Å². The molecule has 6 nitrogen and oxygen atoms in total. The highest BCUT2D eigenvalue weighted by molar-refractivity contribution is 5.91. The molecule has 0 aliphatic carbocycles. The molecule has 5 rings (SSSR count). The number of ether oxygens (including phenoxy) is 1. The predicted octanol–water partition coefficient (Wildman–Crippen LogP) is 4.52. The Morgan fingerprint density at radius 1 is 1.03 bits per heavy atom. The number of nitrogens with one attached hydrogen (secondary N) is 1. The number of carbonyl (C=O) groups is 2. The topological polar surface area (TPSA) is 71.5 Å². The lowest BCUT2D eigenvalue weighted by atomic mass is 9.84. The van der Waals surface area contributed by atoms with E-state index in [9.17, 15) is 9.59 Å². The van der Waals surface area contributed by atoms with E-state index in [1.165, 1.54) is 10.9 Å². The number of hydrogen-bond acceptors (Lipinski definition) is 4. The minimum absolute atomic E-state index is 0.00900. The third kappa shape index (κ3) is 5.16. The van der Waals surface area contributed by atoms with Crippen molar-refractivity contribution in [3.05, 3.63) is 72.6 Å². The van der Waals surface area contributed by atoms with Crippen molar-refractivity contribution < 1.29 is 14.3 Å². The van der Waals surface area contributed by atoms with Gasteiger partial charge in [0.15, 0.2) is 6.61 Å². The monoisotopic (exact) mass is 471 g/mol.